The summed E-state index contributed by atoms with van der Waals surface area (Å²) < 4.78 is 5.17. The molecular formula is C14H12N2O2S2. The molecule has 1 aromatic carbocycles. The molecule has 102 valence electrons. The quantitative estimate of drug-likeness (QED) is 0.735. The zero-order valence-electron chi connectivity index (χ0n) is 10.7. The van der Waals surface area contributed by atoms with Crippen molar-refractivity contribution in [1.29, 1.82) is 0 Å². The van der Waals surface area contributed by atoms with Crippen LogP contribution in [0.15, 0.2) is 45.1 Å². The van der Waals surface area contributed by atoms with Gasteiger partial charge in [0.2, 0.25) is 0 Å². The second-order valence-corrected chi connectivity index (χ2v) is 6.22. The maximum atomic E-state index is 9.62. The normalized spacial score (nSPS) is 10.8. The minimum atomic E-state index is 0.177. The fourth-order valence-corrected chi connectivity index (χ4v) is 3.10. The first-order chi connectivity index (χ1) is 9.72. The van der Waals surface area contributed by atoms with Crippen LogP contribution in [-0.4, -0.2) is 15.2 Å². The van der Waals surface area contributed by atoms with Gasteiger partial charge in [-0.2, -0.15) is 4.98 Å². The number of aryl methyl sites for hydroxylation is 1. The number of aromatic hydroxyl groups is 1. The molecule has 0 saturated heterocycles. The van der Waals surface area contributed by atoms with Gasteiger partial charge in [0.25, 0.3) is 5.89 Å². The van der Waals surface area contributed by atoms with E-state index in [9.17, 15) is 5.11 Å². The molecule has 0 saturated carbocycles. The van der Waals surface area contributed by atoms with Crippen LogP contribution in [0.25, 0.3) is 10.8 Å². The van der Waals surface area contributed by atoms with E-state index < -0.39 is 0 Å². The molecule has 2 aromatic heterocycles. The van der Waals surface area contributed by atoms with Crippen molar-refractivity contribution in [3.63, 3.8) is 0 Å². The minimum Gasteiger partial charge on any atom is -0.506 e. The maximum absolute atomic E-state index is 9.62. The van der Waals surface area contributed by atoms with Gasteiger partial charge in [0.1, 0.15) is 10.6 Å². The Morgan fingerprint density at radius 2 is 2.05 bits per heavy atom. The predicted molar refractivity (Wildman–Crippen MR) is 80.0 cm³/mol. The van der Waals surface area contributed by atoms with Crippen molar-refractivity contribution in [2.75, 3.05) is 0 Å². The zero-order chi connectivity index (χ0) is 13.9. The van der Waals surface area contributed by atoms with E-state index >= 15 is 0 Å². The zero-order valence-corrected chi connectivity index (χ0v) is 12.4. The molecule has 4 nitrogen and oxygen atoms in total. The van der Waals surface area contributed by atoms with Gasteiger partial charge in [0, 0.05) is 4.90 Å². The van der Waals surface area contributed by atoms with Crippen LogP contribution >= 0.6 is 23.1 Å². The van der Waals surface area contributed by atoms with Crippen LogP contribution < -0.4 is 0 Å². The minimum absolute atomic E-state index is 0.177. The molecule has 0 aliphatic carbocycles. The average Bonchev–Trinajstić information content (AvgIpc) is 3.06. The highest BCUT2D eigenvalue weighted by atomic mass is 32.2. The molecule has 0 atom stereocenters. The topological polar surface area (TPSA) is 59.2 Å². The van der Waals surface area contributed by atoms with Gasteiger partial charge in [0.05, 0.1) is 5.75 Å². The van der Waals surface area contributed by atoms with Crippen LogP contribution in [0.5, 0.6) is 5.75 Å². The molecule has 3 rings (SSSR count). The third kappa shape index (κ3) is 2.86. The van der Waals surface area contributed by atoms with Gasteiger partial charge in [0.15, 0.2) is 5.82 Å². The molecule has 3 aromatic rings. The maximum Gasteiger partial charge on any atom is 0.271 e. The van der Waals surface area contributed by atoms with E-state index in [1.165, 1.54) is 21.8 Å². The standard InChI is InChI=1S/C14H12N2O2S2/c1-9-2-4-10(5-3-9)20-8-12-15-14(18-16-12)13-11(17)6-7-19-13/h2-7,17H,8H2,1H3. The summed E-state index contributed by atoms with van der Waals surface area (Å²) in [7, 11) is 0. The van der Waals surface area contributed by atoms with Gasteiger partial charge in [-0.05, 0) is 30.5 Å². The van der Waals surface area contributed by atoms with E-state index in [4.69, 9.17) is 4.52 Å². The molecule has 0 amide bonds. The van der Waals surface area contributed by atoms with E-state index in [1.807, 2.05) is 0 Å². The summed E-state index contributed by atoms with van der Waals surface area (Å²) in [5, 5.41) is 15.3. The third-order valence-corrected chi connectivity index (χ3v) is 4.60. The van der Waals surface area contributed by atoms with E-state index in [0.29, 0.717) is 22.3 Å². The second-order valence-electron chi connectivity index (χ2n) is 4.25. The molecule has 2 heterocycles. The second kappa shape index (κ2) is 5.68. The molecule has 0 aliphatic rings. The number of aromatic nitrogens is 2. The average molecular weight is 304 g/mol. The van der Waals surface area contributed by atoms with Crippen molar-refractivity contribution < 1.29 is 9.63 Å². The highest BCUT2D eigenvalue weighted by molar-refractivity contribution is 7.98. The van der Waals surface area contributed by atoms with E-state index in [1.54, 1.807) is 23.2 Å². The number of benzene rings is 1. The van der Waals surface area contributed by atoms with Crippen molar-refractivity contribution in [1.82, 2.24) is 10.1 Å². The van der Waals surface area contributed by atoms with Gasteiger partial charge in [-0.3, -0.25) is 0 Å². The summed E-state index contributed by atoms with van der Waals surface area (Å²) in [6.45, 7) is 2.06. The third-order valence-electron chi connectivity index (χ3n) is 2.70. The Kier molecular flexibility index (Phi) is 3.75. The highest BCUT2D eigenvalue weighted by Crippen LogP contribution is 2.33. The summed E-state index contributed by atoms with van der Waals surface area (Å²) in [5.74, 6) is 1.81. The molecule has 0 unspecified atom stereocenters. The van der Waals surface area contributed by atoms with Crippen LogP contribution in [0.3, 0.4) is 0 Å². The van der Waals surface area contributed by atoms with E-state index in [2.05, 4.69) is 41.3 Å². The van der Waals surface area contributed by atoms with Crippen molar-refractivity contribution in [2.45, 2.75) is 17.6 Å². The number of thioether (sulfide) groups is 1. The molecule has 0 bridgehead atoms. The molecule has 1 N–H and O–H groups in total. The Bertz CT molecular complexity index is 704. The lowest BCUT2D eigenvalue weighted by Crippen LogP contribution is -1.84. The van der Waals surface area contributed by atoms with Crippen molar-refractivity contribution >= 4 is 23.1 Å². The fourth-order valence-electron chi connectivity index (χ4n) is 1.65. The number of thiophene rings is 1. The van der Waals surface area contributed by atoms with Crippen molar-refractivity contribution in [3.05, 3.63) is 47.1 Å². The Morgan fingerprint density at radius 3 is 2.75 bits per heavy atom. The molecule has 0 fully saturated rings. The summed E-state index contributed by atoms with van der Waals surface area (Å²) in [6, 6.07) is 9.92. The summed E-state index contributed by atoms with van der Waals surface area (Å²) in [5.41, 5.74) is 1.24. The Balaban J connectivity index is 1.69. The van der Waals surface area contributed by atoms with E-state index in [0.717, 1.165) is 0 Å². The number of hydrogen-bond donors (Lipinski definition) is 1. The van der Waals surface area contributed by atoms with Crippen LogP contribution in [0.1, 0.15) is 11.4 Å². The molecule has 0 spiro atoms. The highest BCUT2D eigenvalue weighted by Gasteiger charge is 2.14. The lowest BCUT2D eigenvalue weighted by Gasteiger charge is -1.98. The molecule has 6 heteroatoms. The van der Waals surface area contributed by atoms with E-state index in [-0.39, 0.29) is 5.75 Å². The van der Waals surface area contributed by atoms with Crippen molar-refractivity contribution in [2.24, 2.45) is 0 Å². The molecule has 0 aliphatic heterocycles. The first kappa shape index (κ1) is 13.2. The first-order valence-electron chi connectivity index (χ1n) is 6.01. The Labute approximate surface area is 124 Å². The predicted octanol–water partition coefficient (Wildman–Crippen LogP) is 4.10. The van der Waals surface area contributed by atoms with Crippen LogP contribution in [-0.2, 0) is 5.75 Å². The van der Waals surface area contributed by atoms with Gasteiger partial charge in [-0.15, -0.1) is 23.1 Å². The largest absolute Gasteiger partial charge is 0.506 e. The summed E-state index contributed by atoms with van der Waals surface area (Å²) in [6.07, 6.45) is 0. The number of nitrogens with zero attached hydrogens (tertiary/aromatic N) is 2. The smallest absolute Gasteiger partial charge is 0.271 e. The first-order valence-corrected chi connectivity index (χ1v) is 7.88. The van der Waals surface area contributed by atoms with Gasteiger partial charge < -0.3 is 9.63 Å². The lowest BCUT2D eigenvalue weighted by atomic mass is 10.2. The van der Waals surface area contributed by atoms with Crippen LogP contribution in [0, 0.1) is 6.92 Å². The molecule has 20 heavy (non-hydrogen) atoms. The summed E-state index contributed by atoms with van der Waals surface area (Å²) in [4.78, 5) is 6.08. The summed E-state index contributed by atoms with van der Waals surface area (Å²) >= 11 is 3.03. The van der Waals surface area contributed by atoms with Gasteiger partial charge in [-0.25, -0.2) is 0 Å². The Morgan fingerprint density at radius 1 is 1.25 bits per heavy atom. The van der Waals surface area contributed by atoms with Crippen LogP contribution in [0.4, 0.5) is 0 Å². The Hall–Kier alpha value is -1.79. The number of rotatable bonds is 4. The monoisotopic (exact) mass is 304 g/mol. The fraction of sp³-hybridized carbons (Fsp3) is 0.143. The molecular weight excluding hydrogens is 292 g/mol. The number of hydrogen-bond acceptors (Lipinski definition) is 6. The van der Waals surface area contributed by atoms with Crippen LogP contribution in [0.2, 0.25) is 0 Å². The van der Waals surface area contributed by atoms with Gasteiger partial charge >= 0.3 is 0 Å². The van der Waals surface area contributed by atoms with Crippen molar-refractivity contribution in [3.8, 4) is 16.5 Å². The molecule has 0 radical (unpaired) electrons. The SMILES string of the molecule is Cc1ccc(SCc2noc(-c3sccc3O)n2)cc1. The lowest BCUT2D eigenvalue weighted by molar-refractivity contribution is 0.421. The van der Waals surface area contributed by atoms with Gasteiger partial charge in [-0.1, -0.05) is 22.9 Å².